The second-order valence-corrected chi connectivity index (χ2v) is 4.96. The second-order valence-electron chi connectivity index (χ2n) is 4.96. The first-order valence-corrected chi connectivity index (χ1v) is 7.19. The molecule has 7 heteroatoms. The fraction of sp³-hybridized carbons (Fsp3) is 0.0588. The molecule has 0 atom stereocenters. The van der Waals surface area contributed by atoms with Crippen LogP contribution in [0.25, 0.3) is 0 Å². The van der Waals surface area contributed by atoms with Gasteiger partial charge in [0.2, 0.25) is 5.75 Å². The highest BCUT2D eigenvalue weighted by molar-refractivity contribution is 5.64. The molecule has 0 amide bonds. The van der Waals surface area contributed by atoms with E-state index in [4.69, 9.17) is 10.5 Å². The first-order chi connectivity index (χ1) is 11.7. The van der Waals surface area contributed by atoms with Crippen molar-refractivity contribution in [1.29, 1.82) is 0 Å². The molecule has 0 saturated carbocycles. The van der Waals surface area contributed by atoms with E-state index in [-0.39, 0.29) is 23.3 Å². The molecule has 0 radical (unpaired) electrons. The lowest BCUT2D eigenvalue weighted by Gasteiger charge is -2.11. The van der Waals surface area contributed by atoms with Crippen LogP contribution in [-0.4, -0.2) is 15.1 Å². The Kier molecular flexibility index (Phi) is 4.53. The first-order valence-electron chi connectivity index (χ1n) is 7.19. The van der Waals surface area contributed by atoms with Gasteiger partial charge in [-0.15, -0.1) is 0 Å². The van der Waals surface area contributed by atoms with E-state index < -0.39 is 0 Å². The van der Waals surface area contributed by atoms with Gasteiger partial charge in [-0.3, -0.25) is 0 Å². The molecule has 3 rings (SSSR count). The Morgan fingerprint density at radius 3 is 2.42 bits per heavy atom. The maximum Gasteiger partial charge on any atom is 0.267 e. The lowest BCUT2D eigenvalue weighted by Crippen LogP contribution is -1.99. The fourth-order valence-corrected chi connectivity index (χ4v) is 2.00. The van der Waals surface area contributed by atoms with Crippen LogP contribution in [0, 0.1) is 5.82 Å². The van der Waals surface area contributed by atoms with Gasteiger partial charge in [-0.05, 0) is 42.0 Å². The zero-order chi connectivity index (χ0) is 16.9. The number of hydrogen-bond donors (Lipinski definition) is 3. The van der Waals surface area contributed by atoms with Crippen LogP contribution in [0.15, 0.2) is 54.9 Å². The Bertz CT molecular complexity index is 823. The summed E-state index contributed by atoms with van der Waals surface area (Å²) in [7, 11) is 0. The molecule has 0 aliphatic heterocycles. The maximum absolute atomic E-state index is 12.9. The number of aromatic hydroxyl groups is 1. The van der Waals surface area contributed by atoms with Crippen LogP contribution < -0.4 is 15.8 Å². The van der Waals surface area contributed by atoms with Crippen molar-refractivity contribution in [2.24, 2.45) is 5.73 Å². The predicted molar refractivity (Wildman–Crippen MR) is 87.8 cm³/mol. The van der Waals surface area contributed by atoms with Gasteiger partial charge < -0.3 is 20.9 Å². The zero-order valence-corrected chi connectivity index (χ0v) is 12.6. The van der Waals surface area contributed by atoms with Crippen molar-refractivity contribution < 1.29 is 14.2 Å². The van der Waals surface area contributed by atoms with Crippen molar-refractivity contribution in [1.82, 2.24) is 9.97 Å². The number of aromatic nitrogens is 2. The van der Waals surface area contributed by atoms with Crippen LogP contribution in [0.3, 0.4) is 0 Å². The van der Waals surface area contributed by atoms with Gasteiger partial charge in [0, 0.05) is 12.2 Å². The summed E-state index contributed by atoms with van der Waals surface area (Å²) in [6.45, 7) is 0.453. The largest absolute Gasteiger partial charge is 0.501 e. The van der Waals surface area contributed by atoms with Crippen molar-refractivity contribution >= 4 is 11.5 Å². The summed E-state index contributed by atoms with van der Waals surface area (Å²) in [6.07, 6.45) is 1.26. The van der Waals surface area contributed by atoms with Crippen LogP contribution in [0.4, 0.5) is 15.9 Å². The minimum Gasteiger partial charge on any atom is -0.501 e. The quantitative estimate of drug-likeness (QED) is 0.666. The van der Waals surface area contributed by atoms with E-state index in [2.05, 4.69) is 15.3 Å². The summed E-state index contributed by atoms with van der Waals surface area (Å²) >= 11 is 0. The van der Waals surface area contributed by atoms with Gasteiger partial charge in [0.15, 0.2) is 5.82 Å². The normalized spacial score (nSPS) is 10.4. The summed E-state index contributed by atoms with van der Waals surface area (Å²) in [5.74, 6) is -0.105. The van der Waals surface area contributed by atoms with Gasteiger partial charge in [0.25, 0.3) is 5.88 Å². The summed E-state index contributed by atoms with van der Waals surface area (Å²) < 4.78 is 18.4. The van der Waals surface area contributed by atoms with Crippen LogP contribution in [0.2, 0.25) is 0 Å². The Morgan fingerprint density at radius 2 is 1.75 bits per heavy atom. The first kappa shape index (κ1) is 15.7. The number of nitrogens with zero attached hydrogens (tertiary/aromatic N) is 2. The predicted octanol–water partition coefficient (Wildman–Crippen LogP) is 3.32. The molecule has 1 aromatic heterocycles. The molecule has 24 heavy (non-hydrogen) atoms. The van der Waals surface area contributed by atoms with Gasteiger partial charge >= 0.3 is 0 Å². The molecule has 4 N–H and O–H groups in total. The number of benzene rings is 2. The Hall–Kier alpha value is -3.19. The van der Waals surface area contributed by atoms with Crippen LogP contribution >= 0.6 is 0 Å². The molecule has 6 nitrogen and oxygen atoms in total. The van der Waals surface area contributed by atoms with Crippen molar-refractivity contribution in [2.75, 3.05) is 5.32 Å². The minimum absolute atomic E-state index is 0.0299. The van der Waals surface area contributed by atoms with Gasteiger partial charge in [-0.1, -0.05) is 12.1 Å². The van der Waals surface area contributed by atoms with E-state index in [1.807, 2.05) is 24.3 Å². The van der Waals surface area contributed by atoms with E-state index in [9.17, 15) is 9.50 Å². The number of hydrogen-bond acceptors (Lipinski definition) is 6. The SMILES string of the molecule is NCc1ccc(Nc2ncnc(Oc3ccc(F)cc3)c2O)cc1. The Morgan fingerprint density at radius 1 is 1.04 bits per heavy atom. The van der Waals surface area contributed by atoms with Gasteiger partial charge in [-0.2, -0.15) is 4.98 Å². The lowest BCUT2D eigenvalue weighted by atomic mass is 10.2. The van der Waals surface area contributed by atoms with E-state index in [1.165, 1.54) is 30.6 Å². The third-order valence-corrected chi connectivity index (χ3v) is 3.27. The van der Waals surface area contributed by atoms with E-state index in [1.54, 1.807) is 0 Å². The van der Waals surface area contributed by atoms with Crippen LogP contribution in [-0.2, 0) is 6.54 Å². The monoisotopic (exact) mass is 326 g/mol. The van der Waals surface area contributed by atoms with E-state index >= 15 is 0 Å². The van der Waals surface area contributed by atoms with Crippen molar-refractivity contribution in [3.05, 3.63) is 66.2 Å². The maximum atomic E-state index is 12.9. The number of rotatable bonds is 5. The highest BCUT2D eigenvalue weighted by Gasteiger charge is 2.12. The molecule has 2 aromatic carbocycles. The van der Waals surface area contributed by atoms with Gasteiger partial charge in [-0.25, -0.2) is 9.37 Å². The Labute approximate surface area is 137 Å². The van der Waals surface area contributed by atoms with Crippen LogP contribution in [0.5, 0.6) is 17.4 Å². The van der Waals surface area contributed by atoms with Crippen molar-refractivity contribution in [3.63, 3.8) is 0 Å². The molecule has 0 unspecified atom stereocenters. The zero-order valence-electron chi connectivity index (χ0n) is 12.6. The van der Waals surface area contributed by atoms with E-state index in [0.717, 1.165) is 11.3 Å². The summed E-state index contributed by atoms with van der Waals surface area (Å²) in [6, 6.07) is 12.8. The molecule has 0 spiro atoms. The smallest absolute Gasteiger partial charge is 0.267 e. The molecule has 0 aliphatic rings. The molecule has 122 valence electrons. The molecule has 0 bridgehead atoms. The summed E-state index contributed by atoms with van der Waals surface area (Å²) in [4.78, 5) is 7.89. The lowest BCUT2D eigenvalue weighted by molar-refractivity contribution is 0.396. The number of nitrogens with two attached hydrogens (primary N) is 1. The highest BCUT2D eigenvalue weighted by Crippen LogP contribution is 2.34. The summed E-state index contributed by atoms with van der Waals surface area (Å²) in [5.41, 5.74) is 7.28. The minimum atomic E-state index is -0.377. The fourth-order valence-electron chi connectivity index (χ4n) is 2.00. The second kappa shape index (κ2) is 6.93. The number of anilines is 2. The van der Waals surface area contributed by atoms with Gasteiger partial charge in [0.1, 0.15) is 17.9 Å². The molecule has 0 aliphatic carbocycles. The Balaban J connectivity index is 1.80. The molecule has 0 saturated heterocycles. The molecule has 1 heterocycles. The average molecular weight is 326 g/mol. The van der Waals surface area contributed by atoms with Gasteiger partial charge in [0.05, 0.1) is 0 Å². The molecule has 0 fully saturated rings. The summed E-state index contributed by atoms with van der Waals surface area (Å²) in [5, 5.41) is 13.2. The molecular weight excluding hydrogens is 311 g/mol. The molecule has 3 aromatic rings. The average Bonchev–Trinajstić information content (AvgIpc) is 2.61. The number of ether oxygens (including phenoxy) is 1. The standard InChI is InChI=1S/C17H15FN4O2/c18-12-3-7-14(8-4-12)24-17-15(23)16(20-10-21-17)22-13-5-1-11(9-19)2-6-13/h1-8,10,23H,9,19H2,(H,20,21,22). The number of halogens is 1. The van der Waals surface area contributed by atoms with Crippen molar-refractivity contribution in [2.45, 2.75) is 6.54 Å². The third-order valence-electron chi connectivity index (χ3n) is 3.27. The molecular formula is C17H15FN4O2. The van der Waals surface area contributed by atoms with Crippen LogP contribution in [0.1, 0.15) is 5.56 Å². The third kappa shape index (κ3) is 3.58. The number of nitrogens with one attached hydrogen (secondary N) is 1. The van der Waals surface area contributed by atoms with E-state index in [0.29, 0.717) is 12.3 Å². The highest BCUT2D eigenvalue weighted by atomic mass is 19.1. The van der Waals surface area contributed by atoms with Crippen molar-refractivity contribution in [3.8, 4) is 17.4 Å². The topological polar surface area (TPSA) is 93.3 Å².